The molecule has 0 spiro atoms. The number of hydrogen-bond donors (Lipinski definition) is 1. The Bertz CT molecular complexity index is 383. The minimum Gasteiger partial charge on any atom is -0.329 e. The lowest BCUT2D eigenvalue weighted by Gasteiger charge is -2.39. The Kier molecular flexibility index (Phi) is 5.37. The van der Waals surface area contributed by atoms with E-state index in [9.17, 15) is 0 Å². The molecule has 1 aliphatic rings. The number of benzene rings is 1. The van der Waals surface area contributed by atoms with Gasteiger partial charge in [-0.2, -0.15) is 0 Å². The van der Waals surface area contributed by atoms with E-state index in [1.165, 1.54) is 24.2 Å². The van der Waals surface area contributed by atoms with E-state index < -0.39 is 0 Å². The maximum absolute atomic E-state index is 6.07. The molecule has 1 aliphatic heterocycles. The third-order valence-corrected chi connectivity index (χ3v) is 4.31. The standard InChI is InChI=1S/C16H27N3/c1-3-14-7-5-6-8-15(14)16(13-17)19-11-9-18(4-2)10-12-19/h5-8,16H,3-4,9-13,17H2,1-2H3. The van der Waals surface area contributed by atoms with Crippen LogP contribution in [0.3, 0.4) is 0 Å². The van der Waals surface area contributed by atoms with Gasteiger partial charge in [0.1, 0.15) is 0 Å². The van der Waals surface area contributed by atoms with Crippen LogP contribution in [0.15, 0.2) is 24.3 Å². The summed E-state index contributed by atoms with van der Waals surface area (Å²) >= 11 is 0. The average molecular weight is 261 g/mol. The minimum absolute atomic E-state index is 0.384. The van der Waals surface area contributed by atoms with Gasteiger partial charge in [-0.3, -0.25) is 4.90 Å². The highest BCUT2D eigenvalue weighted by molar-refractivity contribution is 5.30. The Morgan fingerprint density at radius 2 is 1.79 bits per heavy atom. The van der Waals surface area contributed by atoms with E-state index >= 15 is 0 Å². The number of piperazine rings is 1. The van der Waals surface area contributed by atoms with Gasteiger partial charge < -0.3 is 10.6 Å². The molecular weight excluding hydrogens is 234 g/mol. The van der Waals surface area contributed by atoms with Crippen LogP contribution < -0.4 is 5.73 Å². The van der Waals surface area contributed by atoms with Crippen LogP contribution in [0.4, 0.5) is 0 Å². The first-order valence-corrected chi connectivity index (χ1v) is 7.54. The Hall–Kier alpha value is -0.900. The first kappa shape index (κ1) is 14.5. The molecule has 2 rings (SSSR count). The number of nitrogens with two attached hydrogens (primary N) is 1. The fraction of sp³-hybridized carbons (Fsp3) is 0.625. The Balaban J connectivity index is 2.12. The van der Waals surface area contributed by atoms with Crippen molar-refractivity contribution in [2.45, 2.75) is 26.3 Å². The topological polar surface area (TPSA) is 32.5 Å². The average Bonchev–Trinajstić information content (AvgIpc) is 2.49. The lowest BCUT2D eigenvalue weighted by molar-refractivity contribution is 0.102. The third kappa shape index (κ3) is 3.35. The van der Waals surface area contributed by atoms with Gasteiger partial charge in [-0.25, -0.2) is 0 Å². The van der Waals surface area contributed by atoms with Crippen LogP contribution in [-0.2, 0) is 6.42 Å². The Morgan fingerprint density at radius 3 is 2.37 bits per heavy atom. The summed E-state index contributed by atoms with van der Waals surface area (Å²) in [7, 11) is 0. The van der Waals surface area contributed by atoms with Gasteiger partial charge in [0, 0.05) is 38.8 Å². The van der Waals surface area contributed by atoms with Crippen LogP contribution >= 0.6 is 0 Å². The van der Waals surface area contributed by atoms with Gasteiger partial charge in [0.15, 0.2) is 0 Å². The van der Waals surface area contributed by atoms with Crippen molar-refractivity contribution in [3.05, 3.63) is 35.4 Å². The normalized spacial score (nSPS) is 19.5. The zero-order valence-electron chi connectivity index (χ0n) is 12.3. The van der Waals surface area contributed by atoms with Crippen molar-refractivity contribution in [1.82, 2.24) is 9.80 Å². The first-order chi connectivity index (χ1) is 9.30. The van der Waals surface area contributed by atoms with Crippen LogP contribution in [-0.4, -0.2) is 49.1 Å². The van der Waals surface area contributed by atoms with Crippen LogP contribution in [0.2, 0.25) is 0 Å². The molecule has 0 radical (unpaired) electrons. The highest BCUT2D eigenvalue weighted by Crippen LogP contribution is 2.24. The van der Waals surface area contributed by atoms with E-state index in [1.54, 1.807) is 0 Å². The molecule has 0 aromatic heterocycles. The van der Waals surface area contributed by atoms with Crippen molar-refractivity contribution < 1.29 is 0 Å². The number of likely N-dealkylation sites (N-methyl/N-ethyl adjacent to an activating group) is 1. The molecule has 106 valence electrons. The van der Waals surface area contributed by atoms with Crippen LogP contribution in [0.5, 0.6) is 0 Å². The van der Waals surface area contributed by atoms with Crippen molar-refractivity contribution >= 4 is 0 Å². The molecule has 0 amide bonds. The fourth-order valence-corrected chi connectivity index (χ4v) is 3.05. The fourth-order valence-electron chi connectivity index (χ4n) is 3.05. The molecular formula is C16H27N3. The highest BCUT2D eigenvalue weighted by Gasteiger charge is 2.24. The second-order valence-electron chi connectivity index (χ2n) is 5.27. The molecule has 1 atom stereocenters. The first-order valence-electron chi connectivity index (χ1n) is 7.54. The molecule has 3 heteroatoms. The molecule has 2 N–H and O–H groups in total. The number of nitrogens with zero attached hydrogens (tertiary/aromatic N) is 2. The van der Waals surface area contributed by atoms with Crippen molar-refractivity contribution in [2.24, 2.45) is 5.73 Å². The molecule has 19 heavy (non-hydrogen) atoms. The van der Waals surface area contributed by atoms with E-state index in [-0.39, 0.29) is 0 Å². The summed E-state index contributed by atoms with van der Waals surface area (Å²) in [4.78, 5) is 5.07. The summed E-state index contributed by atoms with van der Waals surface area (Å²) in [5.41, 5.74) is 8.94. The summed E-state index contributed by atoms with van der Waals surface area (Å²) < 4.78 is 0. The predicted molar refractivity (Wildman–Crippen MR) is 81.3 cm³/mol. The minimum atomic E-state index is 0.384. The zero-order chi connectivity index (χ0) is 13.7. The Morgan fingerprint density at radius 1 is 1.11 bits per heavy atom. The second kappa shape index (κ2) is 7.04. The summed E-state index contributed by atoms with van der Waals surface area (Å²) in [6.45, 7) is 10.9. The quantitative estimate of drug-likeness (QED) is 0.878. The van der Waals surface area contributed by atoms with Crippen LogP contribution in [0.1, 0.15) is 31.0 Å². The maximum atomic E-state index is 6.07. The molecule has 1 saturated heterocycles. The van der Waals surface area contributed by atoms with Crippen molar-refractivity contribution in [2.75, 3.05) is 39.3 Å². The van der Waals surface area contributed by atoms with E-state index in [4.69, 9.17) is 5.73 Å². The number of aryl methyl sites for hydroxylation is 1. The van der Waals surface area contributed by atoms with Gasteiger partial charge >= 0.3 is 0 Å². The highest BCUT2D eigenvalue weighted by atomic mass is 15.3. The Labute approximate surface area is 117 Å². The van der Waals surface area contributed by atoms with Gasteiger partial charge in [-0.1, -0.05) is 38.1 Å². The largest absolute Gasteiger partial charge is 0.329 e. The molecule has 1 aromatic carbocycles. The van der Waals surface area contributed by atoms with Gasteiger partial charge in [0.2, 0.25) is 0 Å². The lowest BCUT2D eigenvalue weighted by Crippen LogP contribution is -2.48. The molecule has 3 nitrogen and oxygen atoms in total. The van der Waals surface area contributed by atoms with E-state index in [0.29, 0.717) is 12.6 Å². The van der Waals surface area contributed by atoms with E-state index in [2.05, 4.69) is 47.9 Å². The number of hydrogen-bond acceptors (Lipinski definition) is 3. The monoisotopic (exact) mass is 261 g/mol. The predicted octanol–water partition coefficient (Wildman–Crippen LogP) is 1.89. The van der Waals surface area contributed by atoms with E-state index in [1.807, 2.05) is 0 Å². The molecule has 1 heterocycles. The molecule has 0 aliphatic carbocycles. The summed E-state index contributed by atoms with van der Waals surface area (Å²) in [6, 6.07) is 9.14. The SMILES string of the molecule is CCc1ccccc1C(CN)N1CCN(CC)CC1. The van der Waals surface area contributed by atoms with Gasteiger partial charge in [-0.15, -0.1) is 0 Å². The summed E-state index contributed by atoms with van der Waals surface area (Å²) in [5.74, 6) is 0. The van der Waals surface area contributed by atoms with E-state index in [0.717, 1.165) is 26.1 Å². The smallest absolute Gasteiger partial charge is 0.0474 e. The number of rotatable bonds is 5. The molecule has 0 bridgehead atoms. The maximum Gasteiger partial charge on any atom is 0.0474 e. The van der Waals surface area contributed by atoms with Gasteiger partial charge in [0.05, 0.1) is 0 Å². The van der Waals surface area contributed by atoms with Crippen molar-refractivity contribution in [1.29, 1.82) is 0 Å². The third-order valence-electron chi connectivity index (χ3n) is 4.31. The lowest BCUT2D eigenvalue weighted by atomic mass is 9.97. The second-order valence-corrected chi connectivity index (χ2v) is 5.27. The molecule has 0 saturated carbocycles. The summed E-state index contributed by atoms with van der Waals surface area (Å²) in [6.07, 6.45) is 1.08. The molecule has 1 aromatic rings. The zero-order valence-corrected chi connectivity index (χ0v) is 12.3. The van der Waals surface area contributed by atoms with Crippen LogP contribution in [0, 0.1) is 0 Å². The van der Waals surface area contributed by atoms with Crippen molar-refractivity contribution in [3.8, 4) is 0 Å². The van der Waals surface area contributed by atoms with Crippen LogP contribution in [0.25, 0.3) is 0 Å². The van der Waals surface area contributed by atoms with Gasteiger partial charge in [0.25, 0.3) is 0 Å². The molecule has 1 fully saturated rings. The van der Waals surface area contributed by atoms with Crippen molar-refractivity contribution in [3.63, 3.8) is 0 Å². The summed E-state index contributed by atoms with van der Waals surface area (Å²) in [5, 5.41) is 0. The molecule has 1 unspecified atom stereocenters. The van der Waals surface area contributed by atoms with Gasteiger partial charge in [-0.05, 0) is 24.1 Å².